The van der Waals surface area contributed by atoms with E-state index in [4.69, 9.17) is 23.2 Å². The lowest BCUT2D eigenvalue weighted by Crippen LogP contribution is -2.36. The summed E-state index contributed by atoms with van der Waals surface area (Å²) < 4.78 is 32.5. The summed E-state index contributed by atoms with van der Waals surface area (Å²) in [6, 6.07) is 17.8. The van der Waals surface area contributed by atoms with Gasteiger partial charge in [-0.25, -0.2) is 13.1 Å². The molecule has 0 unspecified atom stereocenters. The monoisotopic (exact) mass is 612 g/mol. The van der Waals surface area contributed by atoms with Crippen LogP contribution in [0.1, 0.15) is 52.5 Å². The highest BCUT2D eigenvalue weighted by Crippen LogP contribution is 2.33. The Hall–Kier alpha value is -3.53. The number of carbonyl (C=O) groups excluding carboxylic acids is 1. The number of sulfonamides is 1. The van der Waals surface area contributed by atoms with E-state index in [1.807, 2.05) is 6.07 Å². The number of benzene rings is 3. The first-order chi connectivity index (χ1) is 19.4. The Morgan fingerprint density at radius 2 is 1.71 bits per heavy atom. The lowest BCUT2D eigenvalue weighted by molar-refractivity contribution is 0.0734. The molecule has 0 bridgehead atoms. The van der Waals surface area contributed by atoms with Crippen molar-refractivity contribution in [1.29, 1.82) is 0 Å². The van der Waals surface area contributed by atoms with Crippen molar-refractivity contribution < 1.29 is 13.2 Å². The lowest BCUT2D eigenvalue weighted by Gasteiger charge is -2.30. The standard InChI is InChI=1S/C30H30Cl2N4O4S/c1-18(2)21-11-10-20-12-13-35(17-23(20)14-21)29(37)22-15-25(31)27(32)26(16-22)41(39,40)33-28-19(3)34(4)36(30(28)38)24-8-6-5-7-9-24/h5-11,14-16,18,33H,12-13,17H2,1-4H3. The van der Waals surface area contributed by atoms with Gasteiger partial charge in [0.25, 0.3) is 21.5 Å². The van der Waals surface area contributed by atoms with Crippen LogP contribution in [0.3, 0.4) is 0 Å². The predicted molar refractivity (Wildman–Crippen MR) is 162 cm³/mol. The molecule has 1 aliphatic rings. The number of para-hydroxylation sites is 1. The summed E-state index contributed by atoms with van der Waals surface area (Å²) in [5.74, 6) is -0.00489. The maximum Gasteiger partial charge on any atom is 0.296 e. The van der Waals surface area contributed by atoms with Crippen LogP contribution in [0.5, 0.6) is 0 Å². The Bertz CT molecular complexity index is 1830. The third-order valence-corrected chi connectivity index (χ3v) is 9.81. The molecule has 1 aromatic heterocycles. The van der Waals surface area contributed by atoms with Gasteiger partial charge in [-0.05, 0) is 60.2 Å². The summed E-state index contributed by atoms with van der Waals surface area (Å²) in [7, 11) is -2.75. The zero-order valence-electron chi connectivity index (χ0n) is 23.1. The van der Waals surface area contributed by atoms with Crippen LogP contribution < -0.4 is 10.3 Å². The van der Waals surface area contributed by atoms with Gasteiger partial charge in [-0.15, -0.1) is 0 Å². The molecule has 1 amide bonds. The number of amides is 1. The normalized spacial score (nSPS) is 13.4. The van der Waals surface area contributed by atoms with Crippen LogP contribution in [-0.2, 0) is 30.0 Å². The van der Waals surface area contributed by atoms with Gasteiger partial charge >= 0.3 is 0 Å². The number of rotatable bonds is 6. The maximum atomic E-state index is 13.6. The first-order valence-corrected chi connectivity index (χ1v) is 15.4. The third kappa shape index (κ3) is 5.41. The topological polar surface area (TPSA) is 93.4 Å². The van der Waals surface area contributed by atoms with Gasteiger partial charge in [0.05, 0.1) is 21.4 Å². The molecule has 11 heteroatoms. The predicted octanol–water partition coefficient (Wildman–Crippen LogP) is 5.91. The number of hydrogen-bond donors (Lipinski definition) is 1. The van der Waals surface area contributed by atoms with Gasteiger partial charge in [0, 0.05) is 25.7 Å². The molecule has 4 aromatic rings. The Kier molecular flexibility index (Phi) is 7.80. The van der Waals surface area contributed by atoms with E-state index in [1.54, 1.807) is 47.8 Å². The second-order valence-corrected chi connectivity index (χ2v) is 12.9. The highest BCUT2D eigenvalue weighted by molar-refractivity contribution is 7.92. The van der Waals surface area contributed by atoms with Gasteiger partial charge in [-0.2, -0.15) is 0 Å². The highest BCUT2D eigenvalue weighted by atomic mass is 35.5. The zero-order valence-corrected chi connectivity index (χ0v) is 25.4. The molecule has 0 atom stereocenters. The average Bonchev–Trinajstić information content (AvgIpc) is 3.16. The van der Waals surface area contributed by atoms with E-state index in [9.17, 15) is 18.0 Å². The van der Waals surface area contributed by atoms with E-state index >= 15 is 0 Å². The van der Waals surface area contributed by atoms with Crippen LogP contribution in [0.4, 0.5) is 5.69 Å². The van der Waals surface area contributed by atoms with Crippen LogP contribution in [0, 0.1) is 6.92 Å². The van der Waals surface area contributed by atoms with Gasteiger partial charge in [0.15, 0.2) is 0 Å². The molecule has 0 spiro atoms. The van der Waals surface area contributed by atoms with Crippen LogP contribution in [-0.4, -0.2) is 35.1 Å². The van der Waals surface area contributed by atoms with E-state index in [0.717, 1.165) is 5.56 Å². The fourth-order valence-corrected chi connectivity index (χ4v) is 6.98. The zero-order chi connectivity index (χ0) is 29.6. The van der Waals surface area contributed by atoms with Crippen molar-refractivity contribution in [3.63, 3.8) is 0 Å². The number of halogens is 2. The van der Waals surface area contributed by atoms with Crippen molar-refractivity contribution in [1.82, 2.24) is 14.3 Å². The Labute approximate surface area is 249 Å². The Morgan fingerprint density at radius 3 is 2.39 bits per heavy atom. The van der Waals surface area contributed by atoms with Crippen molar-refractivity contribution in [2.24, 2.45) is 7.05 Å². The van der Waals surface area contributed by atoms with Crippen LogP contribution >= 0.6 is 23.2 Å². The van der Waals surface area contributed by atoms with E-state index < -0.39 is 15.6 Å². The number of aromatic nitrogens is 2. The lowest BCUT2D eigenvalue weighted by atomic mass is 9.93. The van der Waals surface area contributed by atoms with Gasteiger partial charge in [0.1, 0.15) is 10.6 Å². The number of anilines is 1. The summed E-state index contributed by atoms with van der Waals surface area (Å²) in [5, 5.41) is -0.317. The highest BCUT2D eigenvalue weighted by Gasteiger charge is 2.29. The molecule has 0 fully saturated rings. The molecule has 214 valence electrons. The van der Waals surface area contributed by atoms with Gasteiger partial charge in [0.2, 0.25) is 0 Å². The summed E-state index contributed by atoms with van der Waals surface area (Å²) in [4.78, 5) is 28.2. The molecule has 3 aromatic carbocycles. The number of hydrogen-bond acceptors (Lipinski definition) is 4. The summed E-state index contributed by atoms with van der Waals surface area (Å²) in [6.45, 7) is 6.75. The summed E-state index contributed by atoms with van der Waals surface area (Å²) in [6.07, 6.45) is 0.689. The first kappa shape index (κ1) is 29.0. The van der Waals surface area contributed by atoms with Crippen molar-refractivity contribution in [2.45, 2.75) is 44.6 Å². The molecule has 0 aliphatic carbocycles. The average molecular weight is 614 g/mol. The molecule has 41 heavy (non-hydrogen) atoms. The fraction of sp³-hybridized carbons (Fsp3) is 0.267. The molecule has 0 saturated carbocycles. The second-order valence-electron chi connectivity index (χ2n) is 10.5. The van der Waals surface area contributed by atoms with Crippen LogP contribution in [0.15, 0.2) is 70.4 Å². The maximum absolute atomic E-state index is 13.6. The third-order valence-electron chi connectivity index (χ3n) is 7.52. The smallest absolute Gasteiger partial charge is 0.296 e. The molecular formula is C30H30Cl2N4O4S. The van der Waals surface area contributed by atoms with Gasteiger partial charge < -0.3 is 4.90 Å². The van der Waals surface area contributed by atoms with Crippen LogP contribution in [0.2, 0.25) is 10.0 Å². The molecular weight excluding hydrogens is 583 g/mol. The minimum Gasteiger partial charge on any atom is -0.334 e. The molecule has 2 heterocycles. The SMILES string of the molecule is Cc1c(NS(=O)(=O)c2cc(C(=O)N3CCc4ccc(C(C)C)cc4C3)cc(Cl)c2Cl)c(=O)n(-c2ccccc2)n1C. The van der Waals surface area contributed by atoms with E-state index in [2.05, 4.69) is 36.8 Å². The molecule has 1 aliphatic heterocycles. The second kappa shape index (κ2) is 11.0. The van der Waals surface area contributed by atoms with Crippen molar-refractivity contribution in [3.05, 3.63) is 109 Å². The fourth-order valence-electron chi connectivity index (χ4n) is 5.05. The van der Waals surface area contributed by atoms with Crippen molar-refractivity contribution in [3.8, 4) is 5.69 Å². The van der Waals surface area contributed by atoms with Crippen molar-refractivity contribution >= 4 is 44.8 Å². The van der Waals surface area contributed by atoms with Crippen LogP contribution in [0.25, 0.3) is 5.69 Å². The largest absolute Gasteiger partial charge is 0.334 e. The van der Waals surface area contributed by atoms with Crippen molar-refractivity contribution in [2.75, 3.05) is 11.3 Å². The van der Waals surface area contributed by atoms with E-state index in [-0.39, 0.29) is 32.1 Å². The van der Waals surface area contributed by atoms with Gasteiger partial charge in [-0.3, -0.25) is 19.0 Å². The minimum atomic E-state index is -4.41. The van der Waals surface area contributed by atoms with Gasteiger partial charge in [-0.1, -0.05) is 73.4 Å². The van der Waals surface area contributed by atoms with E-state index in [1.165, 1.54) is 27.9 Å². The number of nitrogens with one attached hydrogen (secondary N) is 1. The number of fused-ring (bicyclic) bond motifs is 1. The van der Waals surface area contributed by atoms with E-state index in [0.29, 0.717) is 36.8 Å². The summed E-state index contributed by atoms with van der Waals surface area (Å²) >= 11 is 12.7. The molecule has 0 saturated heterocycles. The Morgan fingerprint density at radius 1 is 1.00 bits per heavy atom. The number of carbonyl (C=O) groups is 1. The Balaban J connectivity index is 1.48. The quantitative estimate of drug-likeness (QED) is 0.293. The summed E-state index contributed by atoms with van der Waals surface area (Å²) in [5.41, 5.74) is 3.83. The number of nitrogens with zero attached hydrogens (tertiary/aromatic N) is 3. The molecule has 8 nitrogen and oxygen atoms in total. The minimum absolute atomic E-state index is 0.0797. The molecule has 5 rings (SSSR count). The molecule has 0 radical (unpaired) electrons. The molecule has 1 N–H and O–H groups in total. The first-order valence-electron chi connectivity index (χ1n) is 13.2.